The highest BCUT2D eigenvalue weighted by Gasteiger charge is 2.28. The van der Waals surface area contributed by atoms with Gasteiger partial charge >= 0.3 is 0 Å². The molecular weight excluding hydrogens is 420 g/mol. The number of nitrogens with zero attached hydrogens (tertiary/aromatic N) is 1. The van der Waals surface area contributed by atoms with Gasteiger partial charge < -0.3 is 9.84 Å². The first kappa shape index (κ1) is 21.6. The molecule has 0 fully saturated rings. The van der Waals surface area contributed by atoms with E-state index in [9.17, 15) is 17.6 Å². The lowest BCUT2D eigenvalue weighted by molar-refractivity contribution is -0.123. The lowest BCUT2D eigenvalue weighted by atomic mass is 10.1. The molecule has 2 N–H and O–H groups in total. The Hall–Kier alpha value is -1.68. The smallest absolute Gasteiger partial charge is 0.246 e. The predicted octanol–water partition coefficient (Wildman–Crippen LogP) is 3.28. The van der Waals surface area contributed by atoms with Gasteiger partial charge in [-0.1, -0.05) is 28.4 Å². The zero-order valence-corrected chi connectivity index (χ0v) is 17.3. The van der Waals surface area contributed by atoms with E-state index >= 15 is 0 Å². The maximum Gasteiger partial charge on any atom is 0.246 e. The normalized spacial score (nSPS) is 14.0. The van der Waals surface area contributed by atoms with E-state index in [1.54, 1.807) is 6.92 Å². The third kappa shape index (κ3) is 4.78. The first-order valence-corrected chi connectivity index (χ1v) is 10.1. The molecule has 0 aliphatic rings. The third-order valence-corrected chi connectivity index (χ3v) is 6.23. The number of hydrogen-bond donors (Lipinski definition) is 2. The summed E-state index contributed by atoms with van der Waals surface area (Å²) in [6.45, 7) is 5.90. The summed E-state index contributed by atoms with van der Waals surface area (Å²) in [5.41, 5.74) is 0.497. The molecule has 0 aliphatic carbocycles. The Balaban J connectivity index is 2.13. The molecule has 7 nitrogen and oxygen atoms in total. The van der Waals surface area contributed by atoms with Crippen LogP contribution in [0.1, 0.15) is 36.9 Å². The number of benzene rings is 1. The van der Waals surface area contributed by atoms with Crippen molar-refractivity contribution in [3.63, 3.8) is 0 Å². The van der Waals surface area contributed by atoms with Crippen LogP contribution in [0, 0.1) is 19.7 Å². The lowest BCUT2D eigenvalue weighted by Crippen LogP contribution is -2.45. The van der Waals surface area contributed by atoms with Crippen molar-refractivity contribution in [1.82, 2.24) is 15.2 Å². The number of amides is 1. The fourth-order valence-electron chi connectivity index (χ4n) is 2.49. The maximum absolute atomic E-state index is 13.7. The average molecular weight is 438 g/mol. The third-order valence-electron chi connectivity index (χ3n) is 3.83. The van der Waals surface area contributed by atoms with Gasteiger partial charge in [0, 0.05) is 5.02 Å². The predicted molar refractivity (Wildman–Crippen MR) is 98.7 cm³/mol. The highest BCUT2D eigenvalue weighted by atomic mass is 35.5. The topological polar surface area (TPSA) is 101 Å². The SMILES string of the molecule is Cc1noc(C)c1S(=O)(=O)N[C@@H](C)C(=O)NC(C)c1cc(F)c(Cl)cc1Cl. The Morgan fingerprint density at radius 1 is 1.22 bits per heavy atom. The fourth-order valence-corrected chi connectivity index (χ4v) is 4.57. The van der Waals surface area contributed by atoms with Crippen LogP contribution < -0.4 is 10.0 Å². The van der Waals surface area contributed by atoms with Crippen molar-refractivity contribution in [3.8, 4) is 0 Å². The van der Waals surface area contributed by atoms with Crippen molar-refractivity contribution < 1.29 is 22.1 Å². The number of aromatic nitrogens is 1. The lowest BCUT2D eigenvalue weighted by Gasteiger charge is -2.20. The van der Waals surface area contributed by atoms with Crippen LogP contribution in [0.5, 0.6) is 0 Å². The summed E-state index contributed by atoms with van der Waals surface area (Å²) >= 11 is 11.7. The van der Waals surface area contributed by atoms with Crippen LogP contribution in [0.2, 0.25) is 10.0 Å². The molecule has 1 unspecified atom stereocenters. The minimum Gasteiger partial charge on any atom is -0.360 e. The van der Waals surface area contributed by atoms with Gasteiger partial charge in [0.05, 0.1) is 17.1 Å². The molecular formula is C16H18Cl2FN3O4S. The number of hydrogen-bond acceptors (Lipinski definition) is 5. The van der Waals surface area contributed by atoms with Crippen LogP contribution in [0.25, 0.3) is 0 Å². The highest BCUT2D eigenvalue weighted by Crippen LogP contribution is 2.28. The van der Waals surface area contributed by atoms with Gasteiger partial charge in [-0.15, -0.1) is 0 Å². The molecule has 1 amide bonds. The van der Waals surface area contributed by atoms with E-state index < -0.39 is 33.8 Å². The Morgan fingerprint density at radius 2 is 1.85 bits per heavy atom. The second-order valence-electron chi connectivity index (χ2n) is 6.01. The van der Waals surface area contributed by atoms with Crippen LogP contribution in [-0.2, 0) is 14.8 Å². The summed E-state index contributed by atoms with van der Waals surface area (Å²) in [7, 11) is -4.01. The Bertz CT molecular complexity index is 959. The molecule has 2 rings (SSSR count). The van der Waals surface area contributed by atoms with Crippen LogP contribution in [0.3, 0.4) is 0 Å². The molecule has 0 aliphatic heterocycles. The summed E-state index contributed by atoms with van der Waals surface area (Å²) in [5.74, 6) is -1.18. The molecule has 1 heterocycles. The molecule has 1 aromatic heterocycles. The van der Waals surface area contributed by atoms with Crippen molar-refractivity contribution >= 4 is 39.1 Å². The van der Waals surface area contributed by atoms with Gasteiger partial charge in [-0.05, 0) is 45.4 Å². The standard InChI is InChI=1S/C16H18Cl2FN3O4S/c1-7(11-5-14(19)13(18)6-12(11)17)20-16(23)9(3)22-27(24,25)15-8(2)21-26-10(15)4/h5-7,9,22H,1-4H3,(H,20,23)/t7?,9-/m0/s1. The van der Waals surface area contributed by atoms with Gasteiger partial charge in [-0.2, -0.15) is 4.72 Å². The summed E-state index contributed by atoms with van der Waals surface area (Å²) in [5, 5.41) is 6.22. The van der Waals surface area contributed by atoms with Crippen molar-refractivity contribution in [2.45, 2.75) is 44.7 Å². The second-order valence-corrected chi connectivity index (χ2v) is 8.48. The zero-order chi connectivity index (χ0) is 20.5. The summed E-state index contributed by atoms with van der Waals surface area (Å²) in [6, 6.07) is 0.568. The van der Waals surface area contributed by atoms with Crippen LogP contribution in [-0.4, -0.2) is 25.5 Å². The summed E-state index contributed by atoms with van der Waals surface area (Å²) < 4.78 is 45.7. The van der Waals surface area contributed by atoms with E-state index in [1.165, 1.54) is 26.8 Å². The van der Waals surface area contributed by atoms with E-state index in [1.807, 2.05) is 0 Å². The molecule has 0 spiro atoms. The molecule has 11 heteroatoms. The number of nitrogens with one attached hydrogen (secondary N) is 2. The molecule has 0 bridgehead atoms. The molecule has 0 saturated heterocycles. The quantitative estimate of drug-likeness (QED) is 0.675. The number of halogens is 3. The summed E-state index contributed by atoms with van der Waals surface area (Å²) in [4.78, 5) is 12.3. The van der Waals surface area contributed by atoms with Gasteiger partial charge in [0.2, 0.25) is 15.9 Å². The maximum atomic E-state index is 13.7. The number of carbonyl (C=O) groups is 1. The Morgan fingerprint density at radius 3 is 2.41 bits per heavy atom. The fraction of sp³-hybridized carbons (Fsp3) is 0.375. The minimum atomic E-state index is -4.01. The zero-order valence-electron chi connectivity index (χ0n) is 14.9. The average Bonchev–Trinajstić information content (AvgIpc) is 2.89. The molecule has 0 radical (unpaired) electrons. The highest BCUT2D eigenvalue weighted by molar-refractivity contribution is 7.89. The van der Waals surface area contributed by atoms with Gasteiger partial charge in [0.15, 0.2) is 5.76 Å². The second kappa shape index (κ2) is 8.14. The molecule has 2 aromatic rings. The summed E-state index contributed by atoms with van der Waals surface area (Å²) in [6.07, 6.45) is 0. The van der Waals surface area contributed by atoms with E-state index in [0.29, 0.717) is 5.56 Å². The first-order valence-electron chi connectivity index (χ1n) is 7.84. The van der Waals surface area contributed by atoms with Crippen molar-refractivity contribution in [2.24, 2.45) is 0 Å². The first-order chi connectivity index (χ1) is 12.4. The Kier molecular flexibility index (Phi) is 6.51. The van der Waals surface area contributed by atoms with Crippen molar-refractivity contribution in [3.05, 3.63) is 45.0 Å². The van der Waals surface area contributed by atoms with Crippen molar-refractivity contribution in [2.75, 3.05) is 0 Å². The number of aryl methyl sites for hydroxylation is 2. The van der Waals surface area contributed by atoms with Crippen LogP contribution >= 0.6 is 23.2 Å². The number of carbonyl (C=O) groups excluding carboxylic acids is 1. The number of rotatable bonds is 6. The van der Waals surface area contributed by atoms with E-state index in [0.717, 1.165) is 6.07 Å². The van der Waals surface area contributed by atoms with Crippen molar-refractivity contribution in [1.29, 1.82) is 0 Å². The largest absolute Gasteiger partial charge is 0.360 e. The molecule has 2 atom stereocenters. The van der Waals surface area contributed by atoms with Crippen LogP contribution in [0.4, 0.5) is 4.39 Å². The number of sulfonamides is 1. The molecule has 0 saturated carbocycles. The minimum absolute atomic E-state index is 0.113. The van der Waals surface area contributed by atoms with Gasteiger partial charge in [-0.3, -0.25) is 4.79 Å². The van der Waals surface area contributed by atoms with Gasteiger partial charge in [0.25, 0.3) is 0 Å². The van der Waals surface area contributed by atoms with E-state index in [4.69, 9.17) is 27.7 Å². The van der Waals surface area contributed by atoms with E-state index in [-0.39, 0.29) is 26.4 Å². The van der Waals surface area contributed by atoms with Crippen LogP contribution in [0.15, 0.2) is 21.6 Å². The van der Waals surface area contributed by atoms with Gasteiger partial charge in [0.1, 0.15) is 16.4 Å². The molecule has 148 valence electrons. The monoisotopic (exact) mass is 437 g/mol. The molecule has 27 heavy (non-hydrogen) atoms. The molecule has 1 aromatic carbocycles. The van der Waals surface area contributed by atoms with E-state index in [2.05, 4.69) is 15.2 Å². The Labute approximate surface area is 166 Å². The van der Waals surface area contributed by atoms with Gasteiger partial charge in [-0.25, -0.2) is 12.8 Å².